The first-order valence-corrected chi connectivity index (χ1v) is 12.8. The third-order valence-corrected chi connectivity index (χ3v) is 8.20. The number of benzene rings is 1. The summed E-state index contributed by atoms with van der Waals surface area (Å²) >= 11 is 0. The molecule has 0 aliphatic carbocycles. The molecule has 7 rings (SSSR count). The van der Waals surface area contributed by atoms with Gasteiger partial charge in [0.25, 0.3) is 0 Å². The number of nitrogens with one attached hydrogen (secondary N) is 1. The summed E-state index contributed by atoms with van der Waals surface area (Å²) in [7, 11) is 0. The summed E-state index contributed by atoms with van der Waals surface area (Å²) < 4.78 is 7.99. The van der Waals surface area contributed by atoms with E-state index in [4.69, 9.17) is 9.72 Å². The number of imidazole rings is 1. The van der Waals surface area contributed by atoms with Gasteiger partial charge < -0.3 is 14.6 Å². The third-order valence-electron chi connectivity index (χ3n) is 8.20. The maximum absolute atomic E-state index is 13.4. The molecule has 0 radical (unpaired) electrons. The van der Waals surface area contributed by atoms with Crippen LogP contribution in [0.25, 0.3) is 33.8 Å². The van der Waals surface area contributed by atoms with Gasteiger partial charge in [-0.3, -0.25) is 9.69 Å². The molecule has 3 atom stereocenters. The van der Waals surface area contributed by atoms with Crippen LogP contribution in [-0.4, -0.2) is 65.6 Å². The zero-order chi connectivity index (χ0) is 25.3. The van der Waals surface area contributed by atoms with E-state index in [-0.39, 0.29) is 18.1 Å². The average molecular weight is 497 g/mol. The molecule has 10 heteroatoms. The first-order chi connectivity index (χ1) is 18.0. The summed E-state index contributed by atoms with van der Waals surface area (Å²) in [5.74, 6) is 1.48. The van der Waals surface area contributed by atoms with E-state index >= 15 is 0 Å². The van der Waals surface area contributed by atoms with Gasteiger partial charge in [-0.05, 0) is 45.7 Å². The minimum atomic E-state index is -0.766. The van der Waals surface area contributed by atoms with Crippen molar-refractivity contribution >= 4 is 22.8 Å². The molecule has 0 saturated carbocycles. The molecule has 37 heavy (non-hydrogen) atoms. The van der Waals surface area contributed by atoms with Crippen molar-refractivity contribution in [3.63, 3.8) is 0 Å². The highest BCUT2D eigenvalue weighted by atomic mass is 16.5. The van der Waals surface area contributed by atoms with Crippen LogP contribution in [0.2, 0.25) is 0 Å². The number of nitrogens with zero attached hydrogens (tertiary/aromatic N) is 7. The molecule has 188 valence electrons. The van der Waals surface area contributed by atoms with Crippen LogP contribution in [0.5, 0.6) is 0 Å². The van der Waals surface area contributed by atoms with Crippen molar-refractivity contribution in [2.24, 2.45) is 0 Å². The summed E-state index contributed by atoms with van der Waals surface area (Å²) in [5, 5.41) is 3.12. The van der Waals surface area contributed by atoms with E-state index in [1.165, 1.54) is 0 Å². The van der Waals surface area contributed by atoms with Gasteiger partial charge >= 0.3 is 0 Å². The molecule has 2 fully saturated rings. The Kier molecular flexibility index (Phi) is 4.93. The molecule has 3 aromatic heterocycles. The molecule has 1 N–H and O–H groups in total. The molecule has 3 aliphatic heterocycles. The summed E-state index contributed by atoms with van der Waals surface area (Å²) in [6.07, 6.45) is 7.27. The fourth-order valence-electron chi connectivity index (χ4n) is 6.29. The second-order valence-corrected chi connectivity index (χ2v) is 10.1. The first-order valence-electron chi connectivity index (χ1n) is 12.8. The second kappa shape index (κ2) is 8.12. The van der Waals surface area contributed by atoms with Crippen LogP contribution in [0.15, 0.2) is 36.9 Å². The predicted molar refractivity (Wildman–Crippen MR) is 138 cm³/mol. The normalized spacial score (nSPS) is 25.0. The van der Waals surface area contributed by atoms with Gasteiger partial charge in [0.2, 0.25) is 5.91 Å². The number of likely N-dealkylation sites (tertiary alicyclic amines) is 1. The number of anilines is 1. The molecule has 6 heterocycles. The molecule has 1 aromatic carbocycles. The Morgan fingerprint density at radius 3 is 2.78 bits per heavy atom. The predicted octanol–water partition coefficient (Wildman–Crippen LogP) is 3.31. The van der Waals surface area contributed by atoms with Gasteiger partial charge in [0.1, 0.15) is 34.7 Å². The number of hydrogen-bond acceptors (Lipinski definition) is 8. The van der Waals surface area contributed by atoms with Crippen LogP contribution < -0.4 is 5.32 Å². The molecule has 0 spiro atoms. The lowest BCUT2D eigenvalue weighted by atomic mass is 9.88. The average Bonchev–Trinajstić information content (AvgIpc) is 3.66. The van der Waals surface area contributed by atoms with Crippen molar-refractivity contribution < 1.29 is 9.53 Å². The highest BCUT2D eigenvalue weighted by Gasteiger charge is 2.54. The lowest BCUT2D eigenvalue weighted by molar-refractivity contribution is -0.127. The van der Waals surface area contributed by atoms with Crippen LogP contribution in [0.4, 0.5) is 5.69 Å². The number of fused-ring (bicyclic) bond motifs is 3. The number of ether oxygens (including phenoxy) is 1. The molecular weight excluding hydrogens is 468 g/mol. The minimum absolute atomic E-state index is 0.0111. The maximum atomic E-state index is 13.4. The SMILES string of the molecule is CCn1c(-c2cnc(C)nc2)nc2c(-c3ccc4c(c3)C(C)(N3CC[C@@H]5OCCC53)C(=O)N4)ncnc21. The topological polar surface area (TPSA) is 111 Å². The monoisotopic (exact) mass is 496 g/mol. The van der Waals surface area contributed by atoms with Gasteiger partial charge in [-0.15, -0.1) is 0 Å². The zero-order valence-electron chi connectivity index (χ0n) is 21.1. The Labute approximate surface area is 214 Å². The van der Waals surface area contributed by atoms with Gasteiger partial charge in [0.05, 0.1) is 11.7 Å². The summed E-state index contributed by atoms with van der Waals surface area (Å²) in [4.78, 5) is 38.7. The lowest BCUT2D eigenvalue weighted by Gasteiger charge is -2.37. The van der Waals surface area contributed by atoms with Crippen LogP contribution in [0, 0.1) is 6.92 Å². The number of carbonyl (C=O) groups excluding carboxylic acids is 1. The van der Waals surface area contributed by atoms with E-state index in [0.29, 0.717) is 17.9 Å². The number of amides is 1. The first kappa shape index (κ1) is 22.4. The Hall–Kier alpha value is -3.76. The van der Waals surface area contributed by atoms with Gasteiger partial charge in [-0.1, -0.05) is 6.07 Å². The molecule has 10 nitrogen and oxygen atoms in total. The van der Waals surface area contributed by atoms with E-state index in [2.05, 4.69) is 47.7 Å². The van der Waals surface area contributed by atoms with E-state index < -0.39 is 5.54 Å². The highest BCUT2D eigenvalue weighted by Crippen LogP contribution is 2.47. The summed E-state index contributed by atoms with van der Waals surface area (Å²) in [6.45, 7) is 8.24. The smallest absolute Gasteiger partial charge is 0.249 e. The molecule has 2 saturated heterocycles. The van der Waals surface area contributed by atoms with Gasteiger partial charge in [-0.25, -0.2) is 24.9 Å². The fraction of sp³-hybridized carbons (Fsp3) is 0.407. The maximum Gasteiger partial charge on any atom is 0.249 e. The largest absolute Gasteiger partial charge is 0.376 e. The van der Waals surface area contributed by atoms with Crippen molar-refractivity contribution in [2.45, 2.75) is 57.8 Å². The minimum Gasteiger partial charge on any atom is -0.376 e. The Balaban J connectivity index is 1.36. The number of carbonyl (C=O) groups is 1. The van der Waals surface area contributed by atoms with Crippen LogP contribution in [0.3, 0.4) is 0 Å². The van der Waals surface area contributed by atoms with Crippen molar-refractivity contribution in [3.8, 4) is 22.6 Å². The molecular formula is C27H28N8O2. The van der Waals surface area contributed by atoms with Crippen LogP contribution >= 0.6 is 0 Å². The molecule has 0 bridgehead atoms. The van der Waals surface area contributed by atoms with Gasteiger partial charge in [0.15, 0.2) is 5.65 Å². The van der Waals surface area contributed by atoms with Crippen LogP contribution in [0.1, 0.15) is 38.1 Å². The second-order valence-electron chi connectivity index (χ2n) is 10.1. The van der Waals surface area contributed by atoms with E-state index in [9.17, 15) is 4.79 Å². The highest BCUT2D eigenvalue weighted by molar-refractivity contribution is 6.06. The molecule has 1 amide bonds. The molecule has 3 aliphatic rings. The fourth-order valence-corrected chi connectivity index (χ4v) is 6.29. The standard InChI is InChI=1S/C27H28N8O2/c1-4-34-24(17-12-28-15(2)29-13-17)33-23-22(30-14-31-25(23)34)16-5-6-19-18(11-16)27(3,26(36)32-19)35-9-7-21-20(35)8-10-37-21/h5-6,11-14,20-21H,4,7-10H2,1-3H3,(H,32,36)/t20?,21-,27?/m0/s1. The number of rotatable bonds is 4. The lowest BCUT2D eigenvalue weighted by Crippen LogP contribution is -2.51. The summed E-state index contributed by atoms with van der Waals surface area (Å²) in [6, 6.07) is 6.33. The molecule has 4 aromatic rings. The van der Waals surface area contributed by atoms with E-state index in [0.717, 1.165) is 65.5 Å². The van der Waals surface area contributed by atoms with E-state index in [1.807, 2.05) is 26.0 Å². The number of hydrogen-bond donors (Lipinski definition) is 1. The number of aromatic nitrogens is 6. The van der Waals surface area contributed by atoms with Crippen molar-refractivity contribution in [3.05, 3.63) is 48.3 Å². The number of aryl methyl sites for hydroxylation is 2. The van der Waals surface area contributed by atoms with Crippen molar-refractivity contribution in [2.75, 3.05) is 18.5 Å². The van der Waals surface area contributed by atoms with E-state index in [1.54, 1.807) is 18.7 Å². The van der Waals surface area contributed by atoms with Crippen LogP contribution in [-0.2, 0) is 21.6 Å². The van der Waals surface area contributed by atoms with Gasteiger partial charge in [-0.2, -0.15) is 0 Å². The van der Waals surface area contributed by atoms with Gasteiger partial charge in [0, 0.05) is 54.9 Å². The van der Waals surface area contributed by atoms with Crippen molar-refractivity contribution in [1.29, 1.82) is 0 Å². The third kappa shape index (κ3) is 3.18. The van der Waals surface area contributed by atoms with Crippen molar-refractivity contribution in [1.82, 2.24) is 34.4 Å². The molecule has 2 unspecified atom stereocenters. The zero-order valence-corrected chi connectivity index (χ0v) is 21.1. The summed E-state index contributed by atoms with van der Waals surface area (Å²) in [5.41, 5.74) is 4.99. The Bertz CT molecular complexity index is 1550. The quantitative estimate of drug-likeness (QED) is 0.458. The Morgan fingerprint density at radius 2 is 1.97 bits per heavy atom. The Morgan fingerprint density at radius 1 is 1.14 bits per heavy atom.